The van der Waals surface area contributed by atoms with Crippen LogP contribution < -0.4 is 0 Å². The van der Waals surface area contributed by atoms with E-state index in [4.69, 9.17) is 5.11 Å². The van der Waals surface area contributed by atoms with Crippen LogP contribution in [0.4, 0.5) is 35.1 Å². The van der Waals surface area contributed by atoms with Gasteiger partial charge in [0.2, 0.25) is 0 Å². The summed E-state index contributed by atoms with van der Waals surface area (Å²) in [5, 5.41) is 21.4. The second-order valence-electron chi connectivity index (χ2n) is 5.39. The molecular formula is C12H12F8N2O2. The molecule has 138 valence electrons. The summed E-state index contributed by atoms with van der Waals surface area (Å²) in [5.41, 5.74) is -3.55. The van der Waals surface area contributed by atoms with Crippen molar-refractivity contribution in [2.24, 2.45) is 0 Å². The molecule has 0 spiro atoms. The lowest BCUT2D eigenvalue weighted by Crippen LogP contribution is -2.35. The Morgan fingerprint density at radius 1 is 1.25 bits per heavy atom. The molecule has 4 nitrogen and oxygen atoms in total. The lowest BCUT2D eigenvalue weighted by molar-refractivity contribution is -0.150. The minimum atomic E-state index is -5.21. The molecule has 0 aromatic carbocycles. The Morgan fingerprint density at radius 3 is 2.33 bits per heavy atom. The van der Waals surface area contributed by atoms with Crippen molar-refractivity contribution in [3.05, 3.63) is 17.0 Å². The monoisotopic (exact) mass is 368 g/mol. The summed E-state index contributed by atoms with van der Waals surface area (Å²) < 4.78 is 104. The molecule has 2 unspecified atom stereocenters. The highest BCUT2D eigenvalue weighted by atomic mass is 19.4. The quantitative estimate of drug-likeness (QED) is 0.803. The zero-order chi connectivity index (χ0) is 18.4. The van der Waals surface area contributed by atoms with Gasteiger partial charge in [-0.25, -0.2) is 22.0 Å². The highest BCUT2D eigenvalue weighted by molar-refractivity contribution is 5.35. The lowest BCUT2D eigenvalue weighted by Gasteiger charge is -2.29. The van der Waals surface area contributed by atoms with Crippen LogP contribution >= 0.6 is 0 Å². The van der Waals surface area contributed by atoms with Gasteiger partial charge >= 0.3 is 6.18 Å². The van der Waals surface area contributed by atoms with Crippen molar-refractivity contribution in [1.82, 2.24) is 9.78 Å². The maximum absolute atomic E-state index is 13.6. The van der Waals surface area contributed by atoms with E-state index in [1.807, 2.05) is 0 Å². The maximum Gasteiger partial charge on any atom is 0.435 e. The Hall–Kier alpha value is -1.43. The number of rotatable bonds is 4. The van der Waals surface area contributed by atoms with Crippen molar-refractivity contribution in [2.75, 3.05) is 0 Å². The van der Waals surface area contributed by atoms with Gasteiger partial charge in [-0.15, -0.1) is 0 Å². The number of halogens is 8. The lowest BCUT2D eigenvalue weighted by atomic mass is 9.89. The van der Waals surface area contributed by atoms with Gasteiger partial charge in [-0.1, -0.05) is 0 Å². The summed E-state index contributed by atoms with van der Waals surface area (Å²) in [6, 6.07) is 0. The Bertz CT molecular complexity index is 601. The Labute approximate surface area is 129 Å². The fourth-order valence-electron chi connectivity index (χ4n) is 2.49. The SMILES string of the molecule is OC(C(F)F)C(F)Cn1nc(C(F)(F)F)c2c1CCC(F)(F)[C@H]2O. The van der Waals surface area contributed by atoms with Crippen molar-refractivity contribution < 1.29 is 45.3 Å². The third-order valence-corrected chi connectivity index (χ3v) is 3.71. The third-order valence-electron chi connectivity index (χ3n) is 3.71. The molecule has 0 amide bonds. The highest BCUT2D eigenvalue weighted by Crippen LogP contribution is 2.46. The number of aliphatic hydroxyl groups is 2. The number of hydrogen-bond donors (Lipinski definition) is 2. The van der Waals surface area contributed by atoms with Gasteiger partial charge in [0.05, 0.1) is 6.54 Å². The molecule has 2 N–H and O–H groups in total. The third kappa shape index (κ3) is 3.34. The topological polar surface area (TPSA) is 58.3 Å². The van der Waals surface area contributed by atoms with Crippen LogP contribution in [0.2, 0.25) is 0 Å². The van der Waals surface area contributed by atoms with Gasteiger partial charge in [0.15, 0.2) is 11.9 Å². The van der Waals surface area contributed by atoms with E-state index >= 15 is 0 Å². The average molecular weight is 368 g/mol. The fourth-order valence-corrected chi connectivity index (χ4v) is 2.49. The molecule has 1 aliphatic carbocycles. The van der Waals surface area contributed by atoms with Gasteiger partial charge in [0, 0.05) is 17.7 Å². The molecule has 2 rings (SSSR count). The molecule has 0 aliphatic heterocycles. The molecule has 0 radical (unpaired) electrons. The van der Waals surface area contributed by atoms with Gasteiger partial charge in [-0.05, 0) is 6.42 Å². The first-order valence-corrected chi connectivity index (χ1v) is 6.69. The minimum absolute atomic E-state index is 0.298. The molecule has 1 aliphatic rings. The number of hydrogen-bond acceptors (Lipinski definition) is 3. The number of aliphatic hydroxyl groups excluding tert-OH is 2. The summed E-state index contributed by atoms with van der Waals surface area (Å²) in [6.45, 7) is -1.19. The predicted molar refractivity (Wildman–Crippen MR) is 62.4 cm³/mol. The van der Waals surface area contributed by atoms with Crippen LogP contribution in [0.25, 0.3) is 0 Å². The van der Waals surface area contributed by atoms with E-state index in [1.165, 1.54) is 0 Å². The van der Waals surface area contributed by atoms with Crippen LogP contribution in [0.1, 0.15) is 29.5 Å². The van der Waals surface area contributed by atoms with Crippen molar-refractivity contribution in [1.29, 1.82) is 0 Å². The predicted octanol–water partition coefficient (Wildman–Crippen LogP) is 2.48. The summed E-state index contributed by atoms with van der Waals surface area (Å²) in [5.74, 6) is -3.83. The zero-order valence-electron chi connectivity index (χ0n) is 11.7. The van der Waals surface area contributed by atoms with Crippen molar-refractivity contribution in [2.45, 2.75) is 56.3 Å². The van der Waals surface area contributed by atoms with Crippen LogP contribution in [-0.2, 0) is 19.1 Å². The van der Waals surface area contributed by atoms with E-state index in [-0.39, 0.29) is 0 Å². The Kier molecular flexibility index (Phi) is 4.83. The van der Waals surface area contributed by atoms with Gasteiger partial charge < -0.3 is 10.2 Å². The van der Waals surface area contributed by atoms with Crippen LogP contribution in [0.15, 0.2) is 0 Å². The summed E-state index contributed by atoms with van der Waals surface area (Å²) >= 11 is 0. The molecule has 12 heteroatoms. The number of alkyl halides is 8. The largest absolute Gasteiger partial charge is 0.435 e. The van der Waals surface area contributed by atoms with E-state index in [1.54, 1.807) is 0 Å². The molecule has 3 atom stereocenters. The molecule has 24 heavy (non-hydrogen) atoms. The first-order chi connectivity index (χ1) is 10.9. The highest BCUT2D eigenvalue weighted by Gasteiger charge is 2.51. The van der Waals surface area contributed by atoms with E-state index < -0.39 is 73.2 Å². The fraction of sp³-hybridized carbons (Fsp3) is 0.750. The van der Waals surface area contributed by atoms with Crippen LogP contribution in [0.5, 0.6) is 0 Å². The molecule has 1 aromatic rings. The molecular weight excluding hydrogens is 356 g/mol. The second-order valence-corrected chi connectivity index (χ2v) is 5.39. The number of fused-ring (bicyclic) bond motifs is 1. The van der Waals surface area contributed by atoms with Gasteiger partial charge in [0.1, 0.15) is 12.2 Å². The molecule has 0 saturated heterocycles. The zero-order valence-corrected chi connectivity index (χ0v) is 11.7. The Morgan fingerprint density at radius 2 is 1.83 bits per heavy atom. The molecule has 0 saturated carbocycles. The van der Waals surface area contributed by atoms with Gasteiger partial charge in [-0.2, -0.15) is 18.3 Å². The van der Waals surface area contributed by atoms with E-state index in [9.17, 15) is 40.2 Å². The van der Waals surface area contributed by atoms with Crippen molar-refractivity contribution in [3.63, 3.8) is 0 Å². The van der Waals surface area contributed by atoms with Crippen LogP contribution in [0, 0.1) is 0 Å². The molecule has 1 aromatic heterocycles. The van der Waals surface area contributed by atoms with Gasteiger partial charge in [-0.3, -0.25) is 4.68 Å². The smallest absolute Gasteiger partial charge is 0.384 e. The summed E-state index contributed by atoms with van der Waals surface area (Å²) in [7, 11) is 0. The van der Waals surface area contributed by atoms with Crippen molar-refractivity contribution in [3.8, 4) is 0 Å². The first-order valence-electron chi connectivity index (χ1n) is 6.69. The standard InChI is InChI=1S/C12H12F8N2O2/c13-4(7(23)10(14)15)3-22-5-1-2-11(16,17)9(24)6(5)8(21-22)12(18,19)20/h4,7,9-10,23-24H,1-3H2/t4?,7?,9-/m0/s1. The number of nitrogens with zero attached hydrogens (tertiary/aromatic N) is 2. The van der Waals surface area contributed by atoms with Crippen molar-refractivity contribution >= 4 is 0 Å². The molecule has 0 fully saturated rings. The Balaban J connectivity index is 2.45. The first kappa shape index (κ1) is 18.9. The normalized spacial score (nSPS) is 23.2. The average Bonchev–Trinajstić information content (AvgIpc) is 2.81. The number of aromatic nitrogens is 2. The van der Waals surface area contributed by atoms with E-state index in [0.29, 0.717) is 4.68 Å². The molecule has 0 bridgehead atoms. The van der Waals surface area contributed by atoms with Crippen LogP contribution in [0.3, 0.4) is 0 Å². The summed E-state index contributed by atoms with van der Waals surface area (Å²) in [6.07, 6.45) is -18.6. The second kappa shape index (κ2) is 6.14. The van der Waals surface area contributed by atoms with Gasteiger partial charge in [0.25, 0.3) is 12.3 Å². The maximum atomic E-state index is 13.6. The minimum Gasteiger partial charge on any atom is -0.384 e. The van der Waals surface area contributed by atoms with E-state index in [0.717, 1.165) is 0 Å². The summed E-state index contributed by atoms with van der Waals surface area (Å²) in [4.78, 5) is 0. The van der Waals surface area contributed by atoms with E-state index in [2.05, 4.69) is 5.10 Å². The molecule has 1 heterocycles. The van der Waals surface area contributed by atoms with Crippen LogP contribution in [-0.4, -0.2) is 44.6 Å².